The van der Waals surface area contributed by atoms with Crippen LogP contribution in [-0.2, 0) is 20.8 Å². The van der Waals surface area contributed by atoms with Gasteiger partial charge in [0, 0.05) is 4.47 Å². The molecule has 112 valence electrons. The summed E-state index contributed by atoms with van der Waals surface area (Å²) in [5.41, 5.74) is 0.937. The van der Waals surface area contributed by atoms with Gasteiger partial charge in [-0.25, -0.2) is 0 Å². The fourth-order valence-corrected chi connectivity index (χ4v) is 3.58. The van der Waals surface area contributed by atoms with E-state index in [-0.39, 0.29) is 5.76 Å². The molecule has 0 unspecified atom stereocenters. The maximum Gasteiger partial charge on any atom is 0.317 e. The zero-order valence-corrected chi connectivity index (χ0v) is 13.8. The number of nitrogens with zero attached hydrogens (tertiary/aromatic N) is 2. The molecule has 1 aliphatic heterocycles. The number of thiazole rings is 1. The van der Waals surface area contributed by atoms with Gasteiger partial charge in [0.15, 0.2) is 4.80 Å². The quantitative estimate of drug-likeness (QED) is 0.754. The fraction of sp³-hybridized carbons (Fsp3) is 0.200. The molecule has 0 saturated carbocycles. The lowest BCUT2D eigenvalue weighted by Gasteiger charge is -2.12. The molecule has 0 radical (unpaired) electrons. The van der Waals surface area contributed by atoms with Gasteiger partial charge in [0.2, 0.25) is 5.76 Å². The number of carbonyl (C=O) groups excluding carboxylic acids is 1. The number of hydrogen-bond acceptors (Lipinski definition) is 4. The van der Waals surface area contributed by atoms with E-state index in [1.807, 2.05) is 22.8 Å². The number of benzene rings is 1. The topological polar surface area (TPSA) is 52.8 Å². The normalized spacial score (nSPS) is 14.9. The Hall–Kier alpha value is -2.04. The summed E-state index contributed by atoms with van der Waals surface area (Å²) in [4.78, 5) is 16.8. The minimum Gasteiger partial charge on any atom is -0.494 e. The zero-order chi connectivity index (χ0) is 15.5. The molecule has 3 rings (SSSR count). The Labute approximate surface area is 139 Å². The first-order chi connectivity index (χ1) is 10.7. The van der Waals surface area contributed by atoms with E-state index in [0.717, 1.165) is 14.7 Å². The van der Waals surface area contributed by atoms with E-state index in [1.54, 1.807) is 0 Å². The lowest BCUT2D eigenvalue weighted by molar-refractivity contribution is -0.119. The van der Waals surface area contributed by atoms with Crippen molar-refractivity contribution in [3.63, 3.8) is 0 Å². The third-order valence-corrected chi connectivity index (χ3v) is 4.49. The second-order valence-electron chi connectivity index (χ2n) is 4.41. The minimum atomic E-state index is -0.476. The smallest absolute Gasteiger partial charge is 0.317 e. The monoisotopic (exact) mass is 378 g/mol. The second kappa shape index (κ2) is 6.38. The largest absolute Gasteiger partial charge is 0.494 e. The van der Waals surface area contributed by atoms with E-state index >= 15 is 0 Å². The second-order valence-corrected chi connectivity index (χ2v) is 6.33. The summed E-state index contributed by atoms with van der Waals surface area (Å²) >= 11 is 4.83. The van der Waals surface area contributed by atoms with Gasteiger partial charge in [0.05, 0.1) is 16.8 Å². The molecule has 1 amide bonds. The van der Waals surface area contributed by atoms with Crippen molar-refractivity contribution in [3.8, 4) is 12.3 Å². The third-order valence-electron chi connectivity index (χ3n) is 2.95. The number of carbonyl (C=O) groups is 1. The number of rotatable bonds is 2. The molecule has 0 saturated heterocycles. The zero-order valence-electron chi connectivity index (χ0n) is 11.4. The van der Waals surface area contributed by atoms with E-state index in [0.29, 0.717) is 24.6 Å². The van der Waals surface area contributed by atoms with Crippen LogP contribution >= 0.6 is 27.3 Å². The molecule has 0 bridgehead atoms. The van der Waals surface area contributed by atoms with Crippen LogP contribution in [0.5, 0.6) is 0 Å². The molecule has 2 heterocycles. The number of terminal acetylenes is 1. The van der Waals surface area contributed by atoms with E-state index in [1.165, 1.54) is 17.6 Å². The van der Waals surface area contributed by atoms with Gasteiger partial charge in [-0.1, -0.05) is 33.2 Å². The first kappa shape index (κ1) is 14.9. The van der Waals surface area contributed by atoms with Crippen molar-refractivity contribution < 1.29 is 14.3 Å². The number of amides is 1. The van der Waals surface area contributed by atoms with Crippen LogP contribution in [0.25, 0.3) is 10.2 Å². The summed E-state index contributed by atoms with van der Waals surface area (Å²) in [7, 11) is 0. The van der Waals surface area contributed by atoms with Crippen LogP contribution in [0.15, 0.2) is 39.7 Å². The van der Waals surface area contributed by atoms with E-state index in [2.05, 4.69) is 26.8 Å². The van der Waals surface area contributed by atoms with Gasteiger partial charge in [-0.2, -0.15) is 4.99 Å². The van der Waals surface area contributed by atoms with Crippen LogP contribution in [0, 0.1) is 12.3 Å². The Bertz CT molecular complexity index is 873. The Balaban J connectivity index is 2.11. The van der Waals surface area contributed by atoms with Gasteiger partial charge in [0.25, 0.3) is 0 Å². The Kier molecular flexibility index (Phi) is 4.32. The third kappa shape index (κ3) is 2.93. The average molecular weight is 379 g/mol. The molecule has 7 heteroatoms. The average Bonchev–Trinajstić information content (AvgIpc) is 2.85. The molecule has 1 aromatic heterocycles. The van der Waals surface area contributed by atoms with Gasteiger partial charge in [-0.15, -0.1) is 6.42 Å². The van der Waals surface area contributed by atoms with Crippen LogP contribution in [0.1, 0.15) is 0 Å². The van der Waals surface area contributed by atoms with E-state index in [9.17, 15) is 4.79 Å². The van der Waals surface area contributed by atoms with Gasteiger partial charge in [-0.05, 0) is 18.2 Å². The maximum absolute atomic E-state index is 12.2. The van der Waals surface area contributed by atoms with Gasteiger partial charge < -0.3 is 14.0 Å². The van der Waals surface area contributed by atoms with Crippen LogP contribution in [0.4, 0.5) is 0 Å². The highest BCUT2D eigenvalue weighted by Gasteiger charge is 2.15. The van der Waals surface area contributed by atoms with Crippen LogP contribution in [-0.4, -0.2) is 23.7 Å². The molecule has 0 N–H and O–H groups in total. The highest BCUT2D eigenvalue weighted by atomic mass is 79.9. The molecular formula is C15H11BrN2O3S. The molecule has 0 aliphatic carbocycles. The summed E-state index contributed by atoms with van der Waals surface area (Å²) in [6, 6.07) is 5.83. The van der Waals surface area contributed by atoms with Crippen molar-refractivity contribution in [2.75, 3.05) is 13.2 Å². The Morgan fingerprint density at radius 1 is 1.50 bits per heavy atom. The van der Waals surface area contributed by atoms with Crippen molar-refractivity contribution in [3.05, 3.63) is 39.5 Å². The molecule has 2 aromatic rings. The number of ether oxygens (including phenoxy) is 2. The summed E-state index contributed by atoms with van der Waals surface area (Å²) in [5, 5.41) is 0. The predicted molar refractivity (Wildman–Crippen MR) is 86.9 cm³/mol. The maximum atomic E-state index is 12.2. The fourth-order valence-electron chi connectivity index (χ4n) is 2.00. The van der Waals surface area contributed by atoms with E-state index in [4.69, 9.17) is 15.9 Å². The summed E-state index contributed by atoms with van der Waals surface area (Å²) < 4.78 is 14.1. The standard InChI is InChI=1S/C15H11BrN2O3S/c1-2-5-18-11-4-3-10(16)8-13(11)22-15(18)17-14(19)12-9-20-6-7-21-12/h1,3-4,8-9H,5-7H2. The number of aromatic nitrogens is 1. The lowest BCUT2D eigenvalue weighted by Crippen LogP contribution is -2.19. The van der Waals surface area contributed by atoms with Crippen LogP contribution in [0.2, 0.25) is 0 Å². The minimum absolute atomic E-state index is 0.108. The van der Waals surface area contributed by atoms with Crippen LogP contribution < -0.4 is 4.80 Å². The molecule has 1 aromatic carbocycles. The molecular weight excluding hydrogens is 368 g/mol. The van der Waals surface area contributed by atoms with Crippen molar-refractivity contribution in [2.24, 2.45) is 4.99 Å². The van der Waals surface area contributed by atoms with Crippen molar-refractivity contribution in [1.82, 2.24) is 4.57 Å². The number of hydrogen-bond donors (Lipinski definition) is 0. The van der Waals surface area contributed by atoms with Crippen molar-refractivity contribution >= 4 is 43.4 Å². The SMILES string of the molecule is C#CCn1c(=NC(=O)C2=COCCO2)sc2cc(Br)ccc21. The first-order valence-corrected chi connectivity index (χ1v) is 8.06. The lowest BCUT2D eigenvalue weighted by atomic mass is 10.3. The number of halogens is 1. The molecule has 0 fully saturated rings. The summed E-state index contributed by atoms with van der Waals surface area (Å²) in [6.45, 7) is 1.12. The Morgan fingerprint density at radius 3 is 3.09 bits per heavy atom. The molecule has 0 spiro atoms. The predicted octanol–water partition coefficient (Wildman–Crippen LogP) is 2.41. The highest BCUT2D eigenvalue weighted by Crippen LogP contribution is 2.22. The van der Waals surface area contributed by atoms with Crippen molar-refractivity contribution in [2.45, 2.75) is 6.54 Å². The number of fused-ring (bicyclic) bond motifs is 1. The molecule has 22 heavy (non-hydrogen) atoms. The molecule has 5 nitrogen and oxygen atoms in total. The van der Waals surface area contributed by atoms with Crippen molar-refractivity contribution in [1.29, 1.82) is 0 Å². The van der Waals surface area contributed by atoms with Gasteiger partial charge in [-0.3, -0.25) is 4.79 Å². The molecule has 0 atom stereocenters. The Morgan fingerprint density at radius 2 is 2.36 bits per heavy atom. The van der Waals surface area contributed by atoms with Gasteiger partial charge in [0.1, 0.15) is 19.5 Å². The highest BCUT2D eigenvalue weighted by molar-refractivity contribution is 9.10. The summed E-state index contributed by atoms with van der Waals surface area (Å²) in [5.74, 6) is 2.22. The van der Waals surface area contributed by atoms with Gasteiger partial charge >= 0.3 is 5.91 Å². The van der Waals surface area contributed by atoms with E-state index < -0.39 is 5.91 Å². The van der Waals surface area contributed by atoms with Crippen LogP contribution in [0.3, 0.4) is 0 Å². The first-order valence-electron chi connectivity index (χ1n) is 6.45. The summed E-state index contributed by atoms with van der Waals surface area (Å²) in [6.07, 6.45) is 6.72. The molecule has 1 aliphatic rings.